The molecule has 2 saturated carbocycles. The zero-order chi connectivity index (χ0) is 16.6. The number of fused-ring (bicyclic) bond motifs is 2. The molecule has 3 rings (SSSR count). The molecule has 0 saturated heterocycles. The summed E-state index contributed by atoms with van der Waals surface area (Å²) in [6.07, 6.45) is 3.48. The Morgan fingerprint density at radius 3 is 2.48 bits per heavy atom. The fourth-order valence-electron chi connectivity index (χ4n) is 4.40. The molecule has 1 aromatic heterocycles. The van der Waals surface area contributed by atoms with E-state index in [1.807, 2.05) is 32.0 Å². The van der Waals surface area contributed by atoms with Crippen molar-refractivity contribution in [1.29, 1.82) is 0 Å². The molecule has 2 aliphatic carbocycles. The van der Waals surface area contributed by atoms with Crippen LogP contribution in [0.25, 0.3) is 0 Å². The van der Waals surface area contributed by atoms with Crippen molar-refractivity contribution in [2.45, 2.75) is 33.2 Å². The minimum atomic E-state index is -0.853. The summed E-state index contributed by atoms with van der Waals surface area (Å²) in [5.74, 6) is -1.96. The molecule has 0 radical (unpaired) electrons. The van der Waals surface area contributed by atoms with E-state index in [2.05, 4.69) is 10.3 Å². The summed E-state index contributed by atoms with van der Waals surface area (Å²) in [5, 5.41) is 12.5. The minimum Gasteiger partial charge on any atom is -0.481 e. The summed E-state index contributed by atoms with van der Waals surface area (Å²) in [4.78, 5) is 28.6. The zero-order valence-electron chi connectivity index (χ0n) is 13.5. The van der Waals surface area contributed by atoms with Gasteiger partial charge in [0.1, 0.15) is 0 Å². The highest BCUT2D eigenvalue weighted by molar-refractivity contribution is 5.87. The van der Waals surface area contributed by atoms with E-state index in [4.69, 9.17) is 0 Å². The van der Waals surface area contributed by atoms with Crippen molar-refractivity contribution in [2.24, 2.45) is 23.7 Å². The summed E-state index contributed by atoms with van der Waals surface area (Å²) in [7, 11) is 0. The summed E-state index contributed by atoms with van der Waals surface area (Å²) in [6, 6.07) is 5.54. The van der Waals surface area contributed by atoms with Crippen molar-refractivity contribution in [1.82, 2.24) is 10.3 Å². The highest BCUT2D eigenvalue weighted by Crippen LogP contribution is 2.57. The molecule has 5 nitrogen and oxygen atoms in total. The van der Waals surface area contributed by atoms with E-state index in [1.54, 1.807) is 6.20 Å². The van der Waals surface area contributed by atoms with Crippen LogP contribution in [0.3, 0.4) is 0 Å². The smallest absolute Gasteiger partial charge is 0.307 e. The first-order chi connectivity index (χ1) is 11.0. The van der Waals surface area contributed by atoms with Gasteiger partial charge >= 0.3 is 5.97 Å². The molecule has 2 bridgehead atoms. The van der Waals surface area contributed by atoms with Gasteiger partial charge < -0.3 is 10.4 Å². The van der Waals surface area contributed by atoms with Crippen LogP contribution in [0.2, 0.25) is 0 Å². The van der Waals surface area contributed by atoms with Gasteiger partial charge in [-0.2, -0.15) is 0 Å². The third kappa shape index (κ3) is 2.76. The van der Waals surface area contributed by atoms with Gasteiger partial charge in [0.05, 0.1) is 24.1 Å². The molecule has 4 atom stereocenters. The first-order valence-electron chi connectivity index (χ1n) is 8.08. The van der Waals surface area contributed by atoms with Crippen molar-refractivity contribution < 1.29 is 14.7 Å². The van der Waals surface area contributed by atoms with Gasteiger partial charge in [-0.25, -0.2) is 0 Å². The van der Waals surface area contributed by atoms with Crippen LogP contribution in [0.4, 0.5) is 0 Å². The van der Waals surface area contributed by atoms with E-state index < -0.39 is 17.8 Å². The molecule has 1 aromatic rings. The number of nitrogens with zero attached hydrogens (tertiary/aromatic N) is 1. The largest absolute Gasteiger partial charge is 0.481 e. The second-order valence-corrected chi connectivity index (χ2v) is 6.67. The quantitative estimate of drug-likeness (QED) is 0.836. The lowest BCUT2D eigenvalue weighted by Crippen LogP contribution is -2.41. The van der Waals surface area contributed by atoms with E-state index in [0.29, 0.717) is 6.54 Å². The number of amides is 1. The second-order valence-electron chi connectivity index (χ2n) is 6.67. The Hall–Kier alpha value is -2.17. The monoisotopic (exact) mass is 314 g/mol. The maximum absolute atomic E-state index is 12.7. The van der Waals surface area contributed by atoms with E-state index in [1.165, 1.54) is 11.1 Å². The number of nitrogens with one attached hydrogen (secondary N) is 1. The van der Waals surface area contributed by atoms with Crippen molar-refractivity contribution >= 4 is 11.9 Å². The SMILES string of the molecule is CC(C)=C1[C@H]2CC[C@@H]1[C@@H](C(=O)O)[C@@H]2C(=O)NCc1ccccn1. The number of carboxylic acids is 1. The number of hydrogen-bond acceptors (Lipinski definition) is 3. The predicted octanol–water partition coefficient (Wildman–Crippen LogP) is 2.39. The molecule has 2 fully saturated rings. The minimum absolute atomic E-state index is 0.0214. The van der Waals surface area contributed by atoms with Crippen LogP contribution in [-0.4, -0.2) is 22.0 Å². The third-order valence-corrected chi connectivity index (χ3v) is 5.18. The average molecular weight is 314 g/mol. The van der Waals surface area contributed by atoms with Crippen molar-refractivity contribution in [3.63, 3.8) is 0 Å². The molecule has 2 N–H and O–H groups in total. The normalized spacial score (nSPS) is 28.7. The zero-order valence-corrected chi connectivity index (χ0v) is 13.5. The van der Waals surface area contributed by atoms with Crippen LogP contribution in [-0.2, 0) is 16.1 Å². The van der Waals surface area contributed by atoms with Crippen LogP contribution in [0.15, 0.2) is 35.5 Å². The molecule has 1 amide bonds. The van der Waals surface area contributed by atoms with E-state index in [9.17, 15) is 14.7 Å². The van der Waals surface area contributed by atoms with Crippen LogP contribution >= 0.6 is 0 Å². The number of allylic oxidation sites excluding steroid dienone is 2. The molecular weight excluding hydrogens is 292 g/mol. The Morgan fingerprint density at radius 1 is 1.22 bits per heavy atom. The molecule has 2 aliphatic rings. The lowest BCUT2D eigenvalue weighted by atomic mass is 9.78. The van der Waals surface area contributed by atoms with E-state index in [-0.39, 0.29) is 17.7 Å². The number of carboxylic acid groups (broad SMARTS) is 1. The topological polar surface area (TPSA) is 79.3 Å². The molecular formula is C18H22N2O3. The summed E-state index contributed by atoms with van der Waals surface area (Å²) < 4.78 is 0. The van der Waals surface area contributed by atoms with E-state index in [0.717, 1.165) is 18.5 Å². The molecule has 0 aliphatic heterocycles. The Kier molecular flexibility index (Phi) is 4.20. The molecule has 0 aromatic carbocycles. The van der Waals surface area contributed by atoms with Gasteiger partial charge in [0.2, 0.25) is 5.91 Å². The first kappa shape index (κ1) is 15.7. The standard InChI is InChI=1S/C18H22N2O3/c1-10(2)14-12-6-7-13(14)16(18(22)23)15(12)17(21)20-9-11-5-3-4-8-19-11/h3-5,8,12-13,15-16H,6-7,9H2,1-2H3,(H,20,21)(H,22,23)/t12-,13+,15-,16-/m1/s1. The first-order valence-corrected chi connectivity index (χ1v) is 8.08. The Labute approximate surface area is 135 Å². The molecule has 1 heterocycles. The molecule has 5 heteroatoms. The predicted molar refractivity (Wildman–Crippen MR) is 85.3 cm³/mol. The van der Waals surface area contributed by atoms with Crippen molar-refractivity contribution in [3.05, 3.63) is 41.2 Å². The van der Waals surface area contributed by atoms with Crippen LogP contribution in [0.5, 0.6) is 0 Å². The van der Waals surface area contributed by atoms with Gasteiger partial charge in [-0.15, -0.1) is 0 Å². The lowest BCUT2D eigenvalue weighted by molar-refractivity contribution is -0.149. The average Bonchev–Trinajstić information content (AvgIpc) is 3.09. The number of rotatable bonds is 4. The number of aliphatic carboxylic acids is 1. The van der Waals surface area contributed by atoms with Gasteiger partial charge in [-0.1, -0.05) is 17.2 Å². The number of aromatic nitrogens is 1. The number of carbonyl (C=O) groups is 2. The maximum Gasteiger partial charge on any atom is 0.307 e. The summed E-state index contributed by atoms with van der Waals surface area (Å²) in [6.45, 7) is 4.38. The second kappa shape index (κ2) is 6.14. The van der Waals surface area contributed by atoms with Crippen LogP contribution in [0, 0.1) is 23.7 Å². The van der Waals surface area contributed by atoms with Gasteiger partial charge in [0.15, 0.2) is 0 Å². The Morgan fingerprint density at radius 2 is 1.91 bits per heavy atom. The Bertz CT molecular complexity index is 649. The van der Waals surface area contributed by atoms with Gasteiger partial charge in [-0.05, 0) is 50.7 Å². The molecule has 0 spiro atoms. The molecule has 122 valence electrons. The molecule has 0 unspecified atom stereocenters. The maximum atomic E-state index is 12.7. The fraction of sp³-hybridized carbons (Fsp3) is 0.500. The van der Waals surface area contributed by atoms with E-state index >= 15 is 0 Å². The van der Waals surface area contributed by atoms with Crippen LogP contribution < -0.4 is 5.32 Å². The van der Waals surface area contributed by atoms with Crippen molar-refractivity contribution in [3.8, 4) is 0 Å². The highest BCUT2D eigenvalue weighted by atomic mass is 16.4. The lowest BCUT2D eigenvalue weighted by Gasteiger charge is -2.26. The highest BCUT2D eigenvalue weighted by Gasteiger charge is 2.57. The summed E-state index contributed by atoms with van der Waals surface area (Å²) >= 11 is 0. The number of carbonyl (C=O) groups excluding carboxylic acids is 1. The van der Waals surface area contributed by atoms with Gasteiger partial charge in [0, 0.05) is 6.20 Å². The Balaban J connectivity index is 1.79. The summed E-state index contributed by atoms with van der Waals surface area (Å²) in [5.41, 5.74) is 3.15. The van der Waals surface area contributed by atoms with Crippen LogP contribution in [0.1, 0.15) is 32.4 Å². The van der Waals surface area contributed by atoms with Gasteiger partial charge in [-0.3, -0.25) is 14.6 Å². The number of pyridine rings is 1. The molecule has 23 heavy (non-hydrogen) atoms. The van der Waals surface area contributed by atoms with Crippen molar-refractivity contribution in [2.75, 3.05) is 0 Å². The van der Waals surface area contributed by atoms with Gasteiger partial charge in [0.25, 0.3) is 0 Å². The number of hydrogen-bond donors (Lipinski definition) is 2. The fourth-order valence-corrected chi connectivity index (χ4v) is 4.40. The third-order valence-electron chi connectivity index (χ3n) is 5.18.